The van der Waals surface area contributed by atoms with Crippen LogP contribution in [0.4, 0.5) is 0 Å². The molecule has 4 atom stereocenters. The summed E-state index contributed by atoms with van der Waals surface area (Å²) < 4.78 is 0. The molecular formula is C16H25NO2. The quantitative estimate of drug-likeness (QED) is 0.854. The van der Waals surface area contributed by atoms with Crippen molar-refractivity contribution in [2.45, 2.75) is 32.5 Å². The van der Waals surface area contributed by atoms with E-state index in [4.69, 9.17) is 0 Å². The second-order valence-electron chi connectivity index (χ2n) is 5.88. The van der Waals surface area contributed by atoms with Crippen molar-refractivity contribution in [3.8, 4) is 0 Å². The van der Waals surface area contributed by atoms with Crippen molar-refractivity contribution in [3.63, 3.8) is 0 Å². The van der Waals surface area contributed by atoms with E-state index in [2.05, 4.69) is 11.8 Å². The summed E-state index contributed by atoms with van der Waals surface area (Å²) in [5, 5.41) is 20.0. The zero-order valence-electron chi connectivity index (χ0n) is 11.9. The lowest BCUT2D eigenvalue weighted by molar-refractivity contribution is 0.0877. The van der Waals surface area contributed by atoms with Gasteiger partial charge in [0.2, 0.25) is 0 Å². The van der Waals surface area contributed by atoms with Crippen LogP contribution in [-0.4, -0.2) is 40.9 Å². The molecule has 3 nitrogen and oxygen atoms in total. The molecule has 0 bridgehead atoms. The molecule has 0 spiro atoms. The van der Waals surface area contributed by atoms with E-state index < -0.39 is 6.10 Å². The Labute approximate surface area is 115 Å². The Balaban J connectivity index is 1.86. The minimum atomic E-state index is -0.410. The second-order valence-corrected chi connectivity index (χ2v) is 5.88. The first-order chi connectivity index (χ1) is 9.08. The van der Waals surface area contributed by atoms with Crippen molar-refractivity contribution in [3.05, 3.63) is 35.9 Å². The van der Waals surface area contributed by atoms with Gasteiger partial charge in [-0.1, -0.05) is 37.3 Å². The van der Waals surface area contributed by atoms with Crippen LogP contribution in [0, 0.1) is 11.8 Å². The van der Waals surface area contributed by atoms with E-state index in [1.54, 1.807) is 0 Å². The number of aliphatic hydroxyl groups excluding tert-OH is 2. The zero-order chi connectivity index (χ0) is 13.8. The summed E-state index contributed by atoms with van der Waals surface area (Å²) in [7, 11) is 0. The molecule has 0 radical (unpaired) electrons. The van der Waals surface area contributed by atoms with E-state index in [0.29, 0.717) is 5.92 Å². The van der Waals surface area contributed by atoms with E-state index >= 15 is 0 Å². The molecule has 4 unspecified atom stereocenters. The molecule has 2 N–H and O–H groups in total. The normalized spacial score (nSPS) is 25.2. The van der Waals surface area contributed by atoms with E-state index in [-0.39, 0.29) is 12.0 Å². The molecule has 1 aromatic rings. The maximum atomic E-state index is 10.3. The van der Waals surface area contributed by atoms with Crippen molar-refractivity contribution in [1.29, 1.82) is 0 Å². The van der Waals surface area contributed by atoms with E-state index in [1.165, 1.54) is 0 Å². The first-order valence-corrected chi connectivity index (χ1v) is 7.21. The number of hydrogen-bond donors (Lipinski definition) is 2. The lowest BCUT2D eigenvalue weighted by Crippen LogP contribution is -2.30. The topological polar surface area (TPSA) is 43.7 Å². The molecule has 1 aliphatic rings. The van der Waals surface area contributed by atoms with Crippen LogP contribution in [-0.2, 0) is 0 Å². The largest absolute Gasteiger partial charge is 0.393 e. The molecule has 1 aromatic carbocycles. The second kappa shape index (κ2) is 6.51. The summed E-state index contributed by atoms with van der Waals surface area (Å²) in [5.74, 6) is 0.594. The third-order valence-corrected chi connectivity index (χ3v) is 4.22. The predicted molar refractivity (Wildman–Crippen MR) is 76.8 cm³/mol. The first-order valence-electron chi connectivity index (χ1n) is 7.21. The third kappa shape index (κ3) is 3.78. The molecule has 0 amide bonds. The highest BCUT2D eigenvalue weighted by Crippen LogP contribution is 2.26. The molecule has 0 aromatic heterocycles. The Hall–Kier alpha value is -0.900. The molecule has 1 aliphatic heterocycles. The Morgan fingerprint density at radius 3 is 2.47 bits per heavy atom. The monoisotopic (exact) mass is 263 g/mol. The summed E-state index contributed by atoms with van der Waals surface area (Å²) in [6.07, 6.45) is 0.428. The number of likely N-dealkylation sites (tertiary alicyclic amines) is 1. The fourth-order valence-electron chi connectivity index (χ4n) is 2.91. The number of aliphatic hydroxyl groups is 2. The third-order valence-electron chi connectivity index (χ3n) is 4.22. The lowest BCUT2D eigenvalue weighted by Gasteiger charge is -2.25. The zero-order valence-corrected chi connectivity index (χ0v) is 11.9. The Morgan fingerprint density at radius 1 is 1.21 bits per heavy atom. The van der Waals surface area contributed by atoms with Gasteiger partial charge >= 0.3 is 0 Å². The van der Waals surface area contributed by atoms with Crippen LogP contribution >= 0.6 is 0 Å². The molecule has 1 fully saturated rings. The smallest absolute Gasteiger partial charge is 0.0827 e. The molecule has 2 rings (SSSR count). The average molecular weight is 263 g/mol. The Bertz CT molecular complexity index is 380. The van der Waals surface area contributed by atoms with Crippen LogP contribution in [0.15, 0.2) is 30.3 Å². The lowest BCUT2D eigenvalue weighted by atomic mass is 9.97. The van der Waals surface area contributed by atoms with Crippen LogP contribution in [0.1, 0.15) is 31.9 Å². The highest BCUT2D eigenvalue weighted by atomic mass is 16.3. The Kier molecular flexibility index (Phi) is 4.97. The summed E-state index contributed by atoms with van der Waals surface area (Å²) in [6.45, 7) is 6.83. The van der Waals surface area contributed by atoms with Gasteiger partial charge in [-0.2, -0.15) is 0 Å². The van der Waals surface area contributed by atoms with Gasteiger partial charge in [0, 0.05) is 13.1 Å². The van der Waals surface area contributed by atoms with Gasteiger partial charge in [-0.05, 0) is 37.3 Å². The van der Waals surface area contributed by atoms with Gasteiger partial charge in [0.05, 0.1) is 12.2 Å². The maximum Gasteiger partial charge on any atom is 0.0827 e. The maximum absolute atomic E-state index is 10.3. The number of hydrogen-bond acceptors (Lipinski definition) is 3. The van der Waals surface area contributed by atoms with Crippen LogP contribution < -0.4 is 0 Å². The van der Waals surface area contributed by atoms with Crippen LogP contribution in [0.2, 0.25) is 0 Å². The molecular weight excluding hydrogens is 238 g/mol. The SMILES string of the molecule is CC(O)C1CCN(CC(C)C(O)c2ccccc2)C1. The van der Waals surface area contributed by atoms with Gasteiger partial charge in [0.1, 0.15) is 0 Å². The van der Waals surface area contributed by atoms with Crippen molar-refractivity contribution >= 4 is 0 Å². The van der Waals surface area contributed by atoms with E-state index in [1.807, 2.05) is 37.3 Å². The summed E-state index contributed by atoms with van der Waals surface area (Å²) >= 11 is 0. The van der Waals surface area contributed by atoms with Gasteiger partial charge in [-0.15, -0.1) is 0 Å². The van der Waals surface area contributed by atoms with Gasteiger partial charge < -0.3 is 15.1 Å². The van der Waals surface area contributed by atoms with Crippen LogP contribution in [0.25, 0.3) is 0 Å². The van der Waals surface area contributed by atoms with Crippen LogP contribution in [0.3, 0.4) is 0 Å². The Morgan fingerprint density at radius 2 is 1.89 bits per heavy atom. The summed E-state index contributed by atoms with van der Waals surface area (Å²) in [6, 6.07) is 9.84. The molecule has 106 valence electrons. The number of nitrogens with zero attached hydrogens (tertiary/aromatic N) is 1. The van der Waals surface area contributed by atoms with Crippen molar-refractivity contribution < 1.29 is 10.2 Å². The average Bonchev–Trinajstić information content (AvgIpc) is 2.87. The molecule has 1 heterocycles. The van der Waals surface area contributed by atoms with Gasteiger partial charge in [-0.3, -0.25) is 0 Å². The fourth-order valence-corrected chi connectivity index (χ4v) is 2.91. The highest BCUT2D eigenvalue weighted by Gasteiger charge is 2.28. The predicted octanol–water partition coefficient (Wildman–Crippen LogP) is 2.06. The molecule has 19 heavy (non-hydrogen) atoms. The van der Waals surface area contributed by atoms with Gasteiger partial charge in [-0.25, -0.2) is 0 Å². The minimum absolute atomic E-state index is 0.204. The highest BCUT2D eigenvalue weighted by molar-refractivity contribution is 5.17. The fraction of sp³-hybridized carbons (Fsp3) is 0.625. The standard InChI is InChI=1S/C16H25NO2/c1-12(16(19)14-6-4-3-5-7-14)10-17-9-8-15(11-17)13(2)18/h3-7,12-13,15-16,18-19H,8-11H2,1-2H3. The van der Waals surface area contributed by atoms with Crippen LogP contribution in [0.5, 0.6) is 0 Å². The molecule has 0 saturated carbocycles. The van der Waals surface area contributed by atoms with Crippen molar-refractivity contribution in [1.82, 2.24) is 4.90 Å². The molecule has 0 aliphatic carbocycles. The summed E-state index contributed by atoms with van der Waals surface area (Å²) in [5.41, 5.74) is 0.987. The summed E-state index contributed by atoms with van der Waals surface area (Å²) in [4.78, 5) is 2.36. The number of rotatable bonds is 5. The minimum Gasteiger partial charge on any atom is -0.393 e. The number of benzene rings is 1. The molecule has 3 heteroatoms. The van der Waals surface area contributed by atoms with Gasteiger partial charge in [0.15, 0.2) is 0 Å². The van der Waals surface area contributed by atoms with Gasteiger partial charge in [0.25, 0.3) is 0 Å². The molecule has 1 saturated heterocycles. The first kappa shape index (κ1) is 14.5. The van der Waals surface area contributed by atoms with E-state index in [9.17, 15) is 10.2 Å². The van der Waals surface area contributed by atoms with E-state index in [0.717, 1.165) is 31.6 Å². The van der Waals surface area contributed by atoms with Crippen molar-refractivity contribution in [2.24, 2.45) is 11.8 Å². The van der Waals surface area contributed by atoms with Crippen molar-refractivity contribution in [2.75, 3.05) is 19.6 Å².